The van der Waals surface area contributed by atoms with Crippen LogP contribution in [0.1, 0.15) is 11.5 Å². The highest BCUT2D eigenvalue weighted by Gasteiger charge is 2.32. The smallest absolute Gasteiger partial charge is 0.417 e. The Morgan fingerprint density at radius 2 is 1.85 bits per heavy atom. The lowest BCUT2D eigenvalue weighted by Gasteiger charge is -2.35. The molecule has 9 heteroatoms. The molecule has 3 heterocycles. The molecule has 1 saturated heterocycles. The summed E-state index contributed by atoms with van der Waals surface area (Å²) in [4.78, 5) is 12.5. The molecule has 27 heavy (non-hydrogen) atoms. The van der Waals surface area contributed by atoms with Gasteiger partial charge in [0.05, 0.1) is 17.1 Å². The Morgan fingerprint density at radius 3 is 2.52 bits per heavy atom. The van der Waals surface area contributed by atoms with Crippen LogP contribution in [0.4, 0.5) is 19.0 Å². The number of anilines is 1. The summed E-state index contributed by atoms with van der Waals surface area (Å²) in [6.07, 6.45) is -3.63. The summed E-state index contributed by atoms with van der Waals surface area (Å²) in [7, 11) is 0. The van der Waals surface area contributed by atoms with E-state index in [1.54, 1.807) is 0 Å². The zero-order chi connectivity index (χ0) is 19.0. The minimum absolute atomic E-state index is 0.0113. The van der Waals surface area contributed by atoms with Gasteiger partial charge in [-0.1, -0.05) is 23.7 Å². The number of nitrogens with zero attached hydrogens (tertiary/aromatic N) is 4. The lowest BCUT2D eigenvalue weighted by molar-refractivity contribution is -0.137. The zero-order valence-corrected chi connectivity index (χ0v) is 15.0. The number of aromatic nitrogens is 2. The van der Waals surface area contributed by atoms with Crippen molar-refractivity contribution in [1.82, 2.24) is 14.9 Å². The first-order valence-corrected chi connectivity index (χ1v) is 8.82. The van der Waals surface area contributed by atoms with Crippen LogP contribution in [0.2, 0.25) is 5.02 Å². The van der Waals surface area contributed by atoms with Crippen molar-refractivity contribution in [3.63, 3.8) is 0 Å². The fraction of sp³-hybridized carbons (Fsp3) is 0.333. The van der Waals surface area contributed by atoms with Gasteiger partial charge in [-0.25, -0.2) is 9.97 Å². The van der Waals surface area contributed by atoms with E-state index in [4.69, 9.17) is 16.0 Å². The molecule has 0 N–H and O–H groups in total. The van der Waals surface area contributed by atoms with Crippen LogP contribution in [-0.4, -0.2) is 41.0 Å². The highest BCUT2D eigenvalue weighted by atomic mass is 35.5. The molecule has 2 aromatic heterocycles. The number of hydrogen-bond donors (Lipinski definition) is 0. The molecule has 1 fully saturated rings. The first-order valence-electron chi connectivity index (χ1n) is 8.44. The summed E-state index contributed by atoms with van der Waals surface area (Å²) >= 11 is 6.04. The van der Waals surface area contributed by atoms with Crippen molar-refractivity contribution in [3.8, 4) is 0 Å². The monoisotopic (exact) mass is 396 g/mol. The molecular weight excluding hydrogens is 381 g/mol. The van der Waals surface area contributed by atoms with E-state index in [0.717, 1.165) is 23.4 Å². The highest BCUT2D eigenvalue weighted by molar-refractivity contribution is 6.33. The van der Waals surface area contributed by atoms with E-state index in [1.807, 2.05) is 29.2 Å². The fourth-order valence-corrected chi connectivity index (χ4v) is 3.40. The van der Waals surface area contributed by atoms with Gasteiger partial charge in [0.2, 0.25) is 5.89 Å². The lowest BCUT2D eigenvalue weighted by atomic mass is 10.2. The number of para-hydroxylation sites is 2. The van der Waals surface area contributed by atoms with Crippen LogP contribution in [0.5, 0.6) is 0 Å². The maximum Gasteiger partial charge on any atom is 0.417 e. The van der Waals surface area contributed by atoms with Gasteiger partial charge in [-0.05, 0) is 18.2 Å². The molecule has 142 valence electrons. The summed E-state index contributed by atoms with van der Waals surface area (Å²) in [5, 5.41) is 0.0113. The number of hydrogen-bond acceptors (Lipinski definition) is 5. The number of alkyl halides is 3. The van der Waals surface area contributed by atoms with E-state index in [0.29, 0.717) is 44.4 Å². The van der Waals surface area contributed by atoms with E-state index in [-0.39, 0.29) is 5.02 Å². The van der Waals surface area contributed by atoms with Gasteiger partial charge in [-0.2, -0.15) is 13.2 Å². The van der Waals surface area contributed by atoms with Gasteiger partial charge in [-0.3, -0.25) is 4.90 Å². The van der Waals surface area contributed by atoms with Gasteiger partial charge in [-0.15, -0.1) is 0 Å². The van der Waals surface area contributed by atoms with E-state index >= 15 is 0 Å². The standard InChI is InChI=1S/C18H16ClF3N4O/c19-13-9-12(18(20,21)22)10-23-17(13)26-7-5-25(6-8-26)11-16-24-14-3-1-2-4-15(14)27-16/h1-4,9-10H,5-8,11H2. The van der Waals surface area contributed by atoms with Crippen molar-refractivity contribution < 1.29 is 17.6 Å². The second-order valence-electron chi connectivity index (χ2n) is 6.37. The molecule has 0 aliphatic carbocycles. The van der Waals surface area contributed by atoms with Crippen molar-refractivity contribution in [2.75, 3.05) is 31.1 Å². The van der Waals surface area contributed by atoms with Gasteiger partial charge in [0.15, 0.2) is 5.58 Å². The minimum atomic E-state index is -4.45. The van der Waals surface area contributed by atoms with Gasteiger partial charge in [0.25, 0.3) is 0 Å². The third-order valence-electron chi connectivity index (χ3n) is 4.52. The zero-order valence-electron chi connectivity index (χ0n) is 14.2. The molecule has 0 radical (unpaired) electrons. The van der Waals surface area contributed by atoms with Crippen LogP contribution in [0, 0.1) is 0 Å². The molecule has 0 spiro atoms. The van der Waals surface area contributed by atoms with Gasteiger partial charge in [0, 0.05) is 32.4 Å². The van der Waals surface area contributed by atoms with Crippen LogP contribution < -0.4 is 4.90 Å². The molecular formula is C18H16ClF3N4O. The van der Waals surface area contributed by atoms with Gasteiger partial charge < -0.3 is 9.32 Å². The SMILES string of the molecule is FC(F)(F)c1cnc(N2CCN(Cc3nc4ccccc4o3)CC2)c(Cl)c1. The summed E-state index contributed by atoms with van der Waals surface area (Å²) < 4.78 is 44.0. The average molecular weight is 397 g/mol. The number of fused-ring (bicyclic) bond motifs is 1. The molecule has 3 aromatic rings. The molecule has 4 rings (SSSR count). The van der Waals surface area contributed by atoms with Crippen molar-refractivity contribution in [1.29, 1.82) is 0 Å². The third-order valence-corrected chi connectivity index (χ3v) is 4.80. The number of pyridine rings is 1. The summed E-state index contributed by atoms with van der Waals surface area (Å²) in [5.41, 5.74) is 0.740. The number of benzene rings is 1. The largest absolute Gasteiger partial charge is 0.439 e. The Kier molecular flexibility index (Phi) is 4.69. The van der Waals surface area contributed by atoms with Crippen molar-refractivity contribution in [2.45, 2.75) is 12.7 Å². The van der Waals surface area contributed by atoms with Gasteiger partial charge >= 0.3 is 6.18 Å². The van der Waals surface area contributed by atoms with Crippen LogP contribution in [0.25, 0.3) is 11.1 Å². The predicted octanol–water partition coefficient (Wildman–Crippen LogP) is 4.22. The molecule has 0 atom stereocenters. The Hall–Kier alpha value is -2.32. The molecule has 5 nitrogen and oxygen atoms in total. The van der Waals surface area contributed by atoms with Crippen molar-refractivity contribution >= 4 is 28.5 Å². The summed E-state index contributed by atoms with van der Waals surface area (Å²) in [6, 6.07) is 8.51. The van der Waals surface area contributed by atoms with Crippen LogP contribution in [-0.2, 0) is 12.7 Å². The molecule has 0 amide bonds. The molecule has 0 saturated carbocycles. The quantitative estimate of drug-likeness (QED) is 0.663. The molecule has 1 aliphatic heterocycles. The van der Waals surface area contributed by atoms with Crippen LogP contribution >= 0.6 is 11.6 Å². The Bertz CT molecular complexity index is 918. The first kappa shape index (κ1) is 18.1. The van der Waals surface area contributed by atoms with E-state index in [2.05, 4.69) is 14.9 Å². The van der Waals surface area contributed by atoms with E-state index < -0.39 is 11.7 Å². The summed E-state index contributed by atoms with van der Waals surface area (Å²) in [6.45, 7) is 3.21. The minimum Gasteiger partial charge on any atom is -0.439 e. The van der Waals surface area contributed by atoms with E-state index in [9.17, 15) is 13.2 Å². The maximum atomic E-state index is 12.7. The van der Waals surface area contributed by atoms with Crippen molar-refractivity contribution in [2.24, 2.45) is 0 Å². The van der Waals surface area contributed by atoms with Gasteiger partial charge in [0.1, 0.15) is 11.3 Å². The normalized spacial score (nSPS) is 16.2. The fourth-order valence-electron chi connectivity index (χ4n) is 3.12. The number of oxazole rings is 1. The topological polar surface area (TPSA) is 45.4 Å². The second kappa shape index (κ2) is 7.01. The first-order chi connectivity index (χ1) is 12.9. The molecule has 0 unspecified atom stereocenters. The number of piperazine rings is 1. The highest BCUT2D eigenvalue weighted by Crippen LogP contribution is 2.33. The van der Waals surface area contributed by atoms with Crippen LogP contribution in [0.3, 0.4) is 0 Å². The second-order valence-corrected chi connectivity index (χ2v) is 6.77. The molecule has 1 aromatic carbocycles. The Labute approximate surface area is 158 Å². The molecule has 0 bridgehead atoms. The predicted molar refractivity (Wildman–Crippen MR) is 95.7 cm³/mol. The number of halogens is 4. The Morgan fingerprint density at radius 1 is 1.11 bits per heavy atom. The third kappa shape index (κ3) is 3.86. The van der Waals surface area contributed by atoms with Crippen molar-refractivity contribution in [3.05, 3.63) is 53.0 Å². The van der Waals surface area contributed by atoms with E-state index in [1.165, 1.54) is 0 Å². The Balaban J connectivity index is 1.40. The summed E-state index contributed by atoms with van der Waals surface area (Å²) in [5.74, 6) is 1.03. The lowest BCUT2D eigenvalue weighted by Crippen LogP contribution is -2.46. The molecule has 1 aliphatic rings. The van der Waals surface area contributed by atoms with Crippen LogP contribution in [0.15, 0.2) is 40.9 Å². The average Bonchev–Trinajstić information content (AvgIpc) is 3.04. The number of rotatable bonds is 3. The maximum absolute atomic E-state index is 12.7.